The van der Waals surface area contributed by atoms with E-state index in [1.165, 1.54) is 12.1 Å². The highest BCUT2D eigenvalue weighted by atomic mass is 35.5. The van der Waals surface area contributed by atoms with Gasteiger partial charge in [0.25, 0.3) is 5.91 Å². The molecule has 0 unspecified atom stereocenters. The molecule has 0 saturated heterocycles. The molecule has 11 heteroatoms. The van der Waals surface area contributed by atoms with Crippen LogP contribution in [0.2, 0.25) is 5.02 Å². The van der Waals surface area contributed by atoms with Crippen LogP contribution in [0.5, 0.6) is 23.0 Å². The molecule has 4 aromatic rings. The van der Waals surface area contributed by atoms with E-state index in [1.54, 1.807) is 60.7 Å². The van der Waals surface area contributed by atoms with E-state index in [0.29, 0.717) is 27.8 Å². The van der Waals surface area contributed by atoms with Gasteiger partial charge in [-0.1, -0.05) is 35.9 Å². The van der Waals surface area contributed by atoms with E-state index >= 15 is 0 Å². The van der Waals surface area contributed by atoms with Crippen molar-refractivity contribution in [3.05, 3.63) is 107 Å². The molecule has 0 fully saturated rings. The van der Waals surface area contributed by atoms with Crippen LogP contribution in [-0.2, 0) is 11.4 Å². The number of carboxylic acid groups (broad SMARTS) is 1. The van der Waals surface area contributed by atoms with Crippen LogP contribution < -0.4 is 19.5 Å². The van der Waals surface area contributed by atoms with Crippen molar-refractivity contribution in [1.29, 1.82) is 0 Å². The summed E-state index contributed by atoms with van der Waals surface area (Å²) in [6, 6.07) is 24.0. The minimum atomic E-state index is -4.79. The van der Waals surface area contributed by atoms with Crippen molar-refractivity contribution in [2.24, 2.45) is 0 Å². The van der Waals surface area contributed by atoms with Gasteiger partial charge in [0.15, 0.2) is 0 Å². The van der Waals surface area contributed by atoms with Crippen molar-refractivity contribution in [1.82, 2.24) is 5.32 Å². The number of rotatable bonds is 11. The van der Waals surface area contributed by atoms with E-state index < -0.39 is 12.3 Å². The minimum absolute atomic E-state index is 0.0230. The quantitative estimate of drug-likeness (QED) is 0.189. The summed E-state index contributed by atoms with van der Waals surface area (Å²) in [5.41, 5.74) is 2.65. The monoisotopic (exact) mass is 585 g/mol. The van der Waals surface area contributed by atoms with Gasteiger partial charge in [-0.15, -0.1) is 13.2 Å². The molecule has 0 saturated carbocycles. The molecule has 4 aromatic carbocycles. The molecule has 0 aliphatic heterocycles. The van der Waals surface area contributed by atoms with E-state index in [2.05, 4.69) is 10.1 Å². The lowest BCUT2D eigenvalue weighted by atomic mass is 10.0. The summed E-state index contributed by atoms with van der Waals surface area (Å²) in [7, 11) is 0. The van der Waals surface area contributed by atoms with Crippen molar-refractivity contribution in [2.75, 3.05) is 6.54 Å². The molecule has 0 aliphatic rings. The van der Waals surface area contributed by atoms with E-state index in [9.17, 15) is 22.8 Å². The molecule has 2 N–H and O–H groups in total. The third kappa shape index (κ3) is 8.91. The van der Waals surface area contributed by atoms with Crippen LogP contribution in [0, 0.1) is 0 Å². The highest BCUT2D eigenvalue weighted by molar-refractivity contribution is 6.30. The number of benzene rings is 4. The molecule has 4 rings (SSSR count). The number of carbonyl (C=O) groups is 2. The number of carboxylic acids is 1. The highest BCUT2D eigenvalue weighted by Crippen LogP contribution is 2.37. The smallest absolute Gasteiger partial charge is 0.488 e. The number of hydrogen-bond donors (Lipinski definition) is 2. The van der Waals surface area contributed by atoms with Gasteiger partial charge in [-0.25, -0.2) is 0 Å². The highest BCUT2D eigenvalue weighted by Gasteiger charge is 2.31. The van der Waals surface area contributed by atoms with Gasteiger partial charge in [-0.3, -0.25) is 9.59 Å². The van der Waals surface area contributed by atoms with Crippen molar-refractivity contribution >= 4 is 23.5 Å². The predicted octanol–water partition coefficient (Wildman–Crippen LogP) is 7.48. The maximum atomic E-state index is 12.4. The Labute approximate surface area is 238 Å². The first-order valence-electron chi connectivity index (χ1n) is 12.2. The summed E-state index contributed by atoms with van der Waals surface area (Å²) in [6.45, 7) is 0.163. The van der Waals surface area contributed by atoms with E-state index in [0.717, 1.165) is 28.8 Å². The zero-order chi connectivity index (χ0) is 29.4. The molecule has 0 radical (unpaired) electrons. The maximum Gasteiger partial charge on any atom is 0.573 e. The van der Waals surface area contributed by atoms with E-state index in [-0.39, 0.29) is 31.2 Å². The van der Waals surface area contributed by atoms with Crippen molar-refractivity contribution in [3.63, 3.8) is 0 Å². The molecule has 41 heavy (non-hydrogen) atoms. The lowest BCUT2D eigenvalue weighted by molar-refractivity contribution is -0.274. The Morgan fingerprint density at radius 3 is 2.20 bits per heavy atom. The van der Waals surface area contributed by atoms with Crippen LogP contribution in [-0.4, -0.2) is 29.9 Å². The van der Waals surface area contributed by atoms with E-state index in [4.69, 9.17) is 26.2 Å². The average molecular weight is 586 g/mol. The zero-order valence-electron chi connectivity index (χ0n) is 21.3. The molecular weight excluding hydrogens is 563 g/mol. The second kappa shape index (κ2) is 13.1. The fourth-order valence-corrected chi connectivity index (χ4v) is 3.91. The van der Waals surface area contributed by atoms with Gasteiger partial charge in [-0.2, -0.15) is 0 Å². The lowest BCUT2D eigenvalue weighted by Gasteiger charge is -2.15. The predicted molar refractivity (Wildman–Crippen MR) is 145 cm³/mol. The third-order valence-corrected chi connectivity index (χ3v) is 5.85. The van der Waals surface area contributed by atoms with Crippen molar-refractivity contribution < 1.29 is 42.1 Å². The van der Waals surface area contributed by atoms with Gasteiger partial charge in [-0.05, 0) is 71.8 Å². The number of hydrogen-bond acceptors (Lipinski definition) is 5. The second-order valence-electron chi connectivity index (χ2n) is 8.67. The molecule has 0 bridgehead atoms. The van der Waals surface area contributed by atoms with Crippen LogP contribution in [0.3, 0.4) is 0 Å². The summed E-state index contributed by atoms with van der Waals surface area (Å²) >= 11 is 6.19. The summed E-state index contributed by atoms with van der Waals surface area (Å²) in [4.78, 5) is 22.8. The molecule has 0 aromatic heterocycles. The Balaban J connectivity index is 1.50. The Bertz CT molecular complexity index is 1510. The summed E-state index contributed by atoms with van der Waals surface area (Å²) in [5, 5.41) is 11.8. The maximum absolute atomic E-state index is 12.4. The van der Waals surface area contributed by atoms with Gasteiger partial charge in [0.2, 0.25) is 0 Å². The van der Waals surface area contributed by atoms with Gasteiger partial charge >= 0.3 is 12.3 Å². The first-order chi connectivity index (χ1) is 19.6. The first kappa shape index (κ1) is 29.3. The lowest BCUT2D eigenvalue weighted by Crippen LogP contribution is -2.25. The fraction of sp³-hybridized carbons (Fsp3) is 0.133. The van der Waals surface area contributed by atoms with E-state index in [1.807, 2.05) is 6.07 Å². The van der Waals surface area contributed by atoms with Crippen molar-refractivity contribution in [3.8, 4) is 34.1 Å². The minimum Gasteiger partial charge on any atom is -0.488 e. The Kier molecular flexibility index (Phi) is 9.36. The topological polar surface area (TPSA) is 94.1 Å². The van der Waals surface area contributed by atoms with Crippen LogP contribution in [0.15, 0.2) is 91.0 Å². The molecule has 212 valence electrons. The number of aliphatic carboxylic acids is 1. The number of halogens is 4. The Morgan fingerprint density at radius 1 is 0.854 bits per heavy atom. The molecule has 0 aliphatic carbocycles. The normalized spacial score (nSPS) is 11.0. The number of nitrogens with one attached hydrogen (secondary N) is 1. The zero-order valence-corrected chi connectivity index (χ0v) is 22.0. The van der Waals surface area contributed by atoms with Gasteiger partial charge < -0.3 is 24.6 Å². The molecule has 0 spiro atoms. The van der Waals surface area contributed by atoms with Crippen LogP contribution in [0.4, 0.5) is 13.2 Å². The third-order valence-electron chi connectivity index (χ3n) is 5.62. The standard InChI is InChI=1S/C30H23ClF3NO6/c31-22-3-1-2-21(16-22)26-13-12-25(40-23-8-10-24(11-9-23)41-30(32,33)34)17-27(26)39-18-19-4-6-20(7-5-19)29(38)35-15-14-28(36)37/h1-13,16-17H,14-15,18H2,(H,35,38)(H,36,37). The molecule has 7 nitrogen and oxygen atoms in total. The van der Waals surface area contributed by atoms with Crippen LogP contribution >= 0.6 is 11.6 Å². The second-order valence-corrected chi connectivity index (χ2v) is 9.11. The average Bonchev–Trinajstić information content (AvgIpc) is 2.92. The van der Waals surface area contributed by atoms with Gasteiger partial charge in [0.05, 0.1) is 6.42 Å². The summed E-state index contributed by atoms with van der Waals surface area (Å²) in [5.74, 6) is -0.629. The number of alkyl halides is 3. The molecule has 0 heterocycles. The number of carbonyl (C=O) groups excluding carboxylic acids is 1. The van der Waals surface area contributed by atoms with Crippen molar-refractivity contribution in [2.45, 2.75) is 19.4 Å². The first-order valence-corrected chi connectivity index (χ1v) is 12.6. The SMILES string of the molecule is O=C(O)CCNC(=O)c1ccc(COc2cc(Oc3ccc(OC(F)(F)F)cc3)ccc2-c2cccc(Cl)c2)cc1. The van der Waals surface area contributed by atoms with Gasteiger partial charge in [0.1, 0.15) is 29.6 Å². The molecule has 0 atom stereocenters. The molecule has 1 amide bonds. The van der Waals surface area contributed by atoms with Crippen LogP contribution in [0.1, 0.15) is 22.3 Å². The Morgan fingerprint density at radius 2 is 1.54 bits per heavy atom. The van der Waals surface area contributed by atoms with Gasteiger partial charge in [0, 0.05) is 28.8 Å². The summed E-state index contributed by atoms with van der Waals surface area (Å²) < 4.78 is 53.2. The largest absolute Gasteiger partial charge is 0.573 e. The number of amides is 1. The fourth-order valence-electron chi connectivity index (χ4n) is 3.72. The molecular formula is C30H23ClF3NO6. The summed E-state index contributed by atoms with van der Waals surface area (Å²) in [6.07, 6.45) is -4.97. The number of ether oxygens (including phenoxy) is 3. The Hall–Kier alpha value is -4.70. The van der Waals surface area contributed by atoms with Crippen LogP contribution in [0.25, 0.3) is 11.1 Å².